The largest absolute Gasteiger partial charge is 0.481 e. The predicted octanol–water partition coefficient (Wildman–Crippen LogP) is 4.54. The summed E-state index contributed by atoms with van der Waals surface area (Å²) in [6.45, 7) is 0.235. The molecule has 0 atom stereocenters. The van der Waals surface area contributed by atoms with Gasteiger partial charge in [-0.2, -0.15) is 0 Å². The fourth-order valence-corrected chi connectivity index (χ4v) is 3.86. The highest BCUT2D eigenvalue weighted by atomic mass is 35.5. The molecule has 2 aromatic carbocycles. The van der Waals surface area contributed by atoms with Gasteiger partial charge in [0, 0.05) is 12.7 Å². The molecule has 3 heterocycles. The standard InChI is InChI=1S/C28H21ClN2O7/c29-23-12-11-21(37-23)20-15-31(28(34)30-26(20)32)14-13-22-24(35-16-18-7-3-1-4-8-18)25(27(33)38-22)36-17-19-9-5-2-6-10-19/h1-13,15H,14,16-17H2,(H,30,32,34)/b22-13-. The normalized spacial score (nSPS) is 14.1. The van der Waals surface area contributed by atoms with Gasteiger partial charge in [0.2, 0.25) is 5.76 Å². The molecular formula is C28H21ClN2O7. The Bertz CT molecular complexity index is 1630. The van der Waals surface area contributed by atoms with Crippen molar-refractivity contribution in [3.63, 3.8) is 0 Å². The number of aromatic nitrogens is 2. The molecule has 0 amide bonds. The van der Waals surface area contributed by atoms with E-state index >= 15 is 0 Å². The average Bonchev–Trinajstić information content (AvgIpc) is 3.49. The molecule has 10 heteroatoms. The van der Waals surface area contributed by atoms with Gasteiger partial charge in [0.25, 0.3) is 11.3 Å². The molecule has 1 N–H and O–H groups in total. The van der Waals surface area contributed by atoms with Crippen LogP contribution in [0.15, 0.2) is 116 Å². The summed E-state index contributed by atoms with van der Waals surface area (Å²) in [6.07, 6.45) is 2.83. The van der Waals surface area contributed by atoms with Crippen molar-refractivity contribution in [1.82, 2.24) is 9.55 Å². The van der Waals surface area contributed by atoms with Gasteiger partial charge in [-0.3, -0.25) is 14.3 Å². The van der Waals surface area contributed by atoms with Crippen LogP contribution in [0.1, 0.15) is 11.1 Å². The first-order valence-electron chi connectivity index (χ1n) is 11.6. The predicted molar refractivity (Wildman–Crippen MR) is 138 cm³/mol. The number of carbonyl (C=O) groups is 1. The molecule has 2 aromatic heterocycles. The summed E-state index contributed by atoms with van der Waals surface area (Å²) < 4.78 is 23.8. The second-order valence-electron chi connectivity index (χ2n) is 8.22. The van der Waals surface area contributed by atoms with E-state index in [-0.39, 0.29) is 53.6 Å². The summed E-state index contributed by atoms with van der Waals surface area (Å²) in [5, 5.41) is 0.102. The van der Waals surface area contributed by atoms with Gasteiger partial charge >= 0.3 is 11.7 Å². The zero-order chi connectivity index (χ0) is 26.5. The third kappa shape index (κ3) is 5.63. The van der Waals surface area contributed by atoms with Crippen LogP contribution in [0.3, 0.4) is 0 Å². The van der Waals surface area contributed by atoms with E-state index in [0.717, 1.165) is 11.1 Å². The van der Waals surface area contributed by atoms with Crippen LogP contribution >= 0.6 is 11.6 Å². The number of furan rings is 1. The molecule has 9 nitrogen and oxygen atoms in total. The summed E-state index contributed by atoms with van der Waals surface area (Å²) in [5.41, 5.74) is 0.563. The van der Waals surface area contributed by atoms with Crippen LogP contribution in [0.25, 0.3) is 11.3 Å². The summed E-state index contributed by atoms with van der Waals surface area (Å²) in [5.74, 6) is -0.376. The van der Waals surface area contributed by atoms with E-state index in [1.54, 1.807) is 0 Å². The van der Waals surface area contributed by atoms with Crippen LogP contribution in [-0.4, -0.2) is 15.5 Å². The van der Waals surface area contributed by atoms with Crippen LogP contribution < -0.4 is 11.2 Å². The molecule has 0 spiro atoms. The van der Waals surface area contributed by atoms with Gasteiger partial charge in [-0.25, -0.2) is 9.59 Å². The lowest BCUT2D eigenvalue weighted by molar-refractivity contribution is -0.136. The average molecular weight is 533 g/mol. The Morgan fingerprint density at radius 2 is 1.47 bits per heavy atom. The number of H-pyrrole nitrogens is 1. The molecule has 192 valence electrons. The molecule has 0 bridgehead atoms. The van der Waals surface area contributed by atoms with Gasteiger partial charge in [-0.05, 0) is 40.9 Å². The first kappa shape index (κ1) is 24.9. The van der Waals surface area contributed by atoms with Crippen LogP contribution in [0, 0.1) is 0 Å². The summed E-state index contributed by atoms with van der Waals surface area (Å²) in [4.78, 5) is 39.7. The van der Waals surface area contributed by atoms with Gasteiger partial charge in [-0.1, -0.05) is 60.7 Å². The lowest BCUT2D eigenvalue weighted by atomic mass is 10.2. The number of hydrogen-bond donors (Lipinski definition) is 1. The lowest BCUT2D eigenvalue weighted by Gasteiger charge is -2.10. The first-order chi connectivity index (χ1) is 18.5. The van der Waals surface area contributed by atoms with Crippen molar-refractivity contribution in [2.75, 3.05) is 0 Å². The van der Waals surface area contributed by atoms with Crippen LogP contribution in [-0.2, 0) is 38.8 Å². The molecule has 38 heavy (non-hydrogen) atoms. The van der Waals surface area contributed by atoms with E-state index in [4.69, 9.17) is 30.2 Å². The minimum Gasteiger partial charge on any atom is -0.481 e. The summed E-state index contributed by atoms with van der Waals surface area (Å²) in [6, 6.07) is 21.8. The number of esters is 1. The monoisotopic (exact) mass is 532 g/mol. The third-order valence-electron chi connectivity index (χ3n) is 5.59. The van der Waals surface area contributed by atoms with Crippen molar-refractivity contribution in [3.8, 4) is 11.3 Å². The Kier molecular flexibility index (Phi) is 7.28. The molecule has 4 aromatic rings. The van der Waals surface area contributed by atoms with E-state index in [1.807, 2.05) is 60.7 Å². The number of nitrogens with zero attached hydrogens (tertiary/aromatic N) is 1. The Labute approximate surface area is 221 Å². The second kappa shape index (κ2) is 11.1. The Morgan fingerprint density at radius 1 is 0.842 bits per heavy atom. The molecule has 0 unspecified atom stereocenters. The van der Waals surface area contributed by atoms with Gasteiger partial charge in [0.1, 0.15) is 19.0 Å². The number of rotatable bonds is 9. The zero-order valence-electron chi connectivity index (χ0n) is 19.9. The smallest absolute Gasteiger partial charge is 0.383 e. The second-order valence-corrected chi connectivity index (χ2v) is 8.60. The van der Waals surface area contributed by atoms with Gasteiger partial charge in [0.15, 0.2) is 11.0 Å². The number of benzene rings is 2. The number of cyclic esters (lactones) is 1. The summed E-state index contributed by atoms with van der Waals surface area (Å²) in [7, 11) is 0. The van der Waals surface area contributed by atoms with Gasteiger partial charge in [-0.15, -0.1) is 0 Å². The Hall–Kier alpha value is -4.76. The molecule has 0 radical (unpaired) electrons. The molecule has 5 rings (SSSR count). The lowest BCUT2D eigenvalue weighted by Crippen LogP contribution is -2.30. The van der Waals surface area contributed by atoms with Crippen molar-refractivity contribution in [2.45, 2.75) is 19.8 Å². The van der Waals surface area contributed by atoms with Crippen LogP contribution in [0.4, 0.5) is 0 Å². The highest BCUT2D eigenvalue weighted by molar-refractivity contribution is 6.29. The van der Waals surface area contributed by atoms with E-state index in [2.05, 4.69) is 4.98 Å². The van der Waals surface area contributed by atoms with E-state index in [0.29, 0.717) is 0 Å². The zero-order valence-corrected chi connectivity index (χ0v) is 20.6. The first-order valence-corrected chi connectivity index (χ1v) is 12.0. The van der Waals surface area contributed by atoms with Crippen molar-refractivity contribution in [2.24, 2.45) is 0 Å². The van der Waals surface area contributed by atoms with Crippen LogP contribution in [0.2, 0.25) is 5.22 Å². The molecule has 1 aliphatic heterocycles. The van der Waals surface area contributed by atoms with Crippen molar-refractivity contribution in [1.29, 1.82) is 0 Å². The molecule has 0 saturated carbocycles. The fraction of sp³-hybridized carbons (Fsp3) is 0.107. The quantitative estimate of drug-likeness (QED) is 0.315. The fourth-order valence-electron chi connectivity index (χ4n) is 3.71. The number of nitrogens with one attached hydrogen (secondary N) is 1. The van der Waals surface area contributed by atoms with Crippen molar-refractivity contribution < 1.29 is 23.4 Å². The molecule has 1 aliphatic rings. The number of hydrogen-bond acceptors (Lipinski definition) is 7. The van der Waals surface area contributed by atoms with Gasteiger partial charge < -0.3 is 18.6 Å². The van der Waals surface area contributed by atoms with E-state index in [1.165, 1.54) is 29.0 Å². The minimum absolute atomic E-state index is 0.0518. The van der Waals surface area contributed by atoms with Crippen molar-refractivity contribution in [3.05, 3.63) is 140 Å². The third-order valence-corrected chi connectivity index (χ3v) is 5.80. The summed E-state index contributed by atoms with van der Waals surface area (Å²) >= 11 is 5.83. The van der Waals surface area contributed by atoms with Gasteiger partial charge in [0.05, 0.1) is 5.56 Å². The Morgan fingerprint density at radius 3 is 2.08 bits per heavy atom. The minimum atomic E-state index is -0.713. The van der Waals surface area contributed by atoms with Crippen LogP contribution in [0.5, 0.6) is 0 Å². The molecular weight excluding hydrogens is 512 g/mol. The maximum atomic E-state index is 12.7. The number of halogens is 1. The topological polar surface area (TPSA) is 113 Å². The number of ether oxygens (including phenoxy) is 3. The maximum Gasteiger partial charge on any atom is 0.383 e. The highest BCUT2D eigenvalue weighted by Crippen LogP contribution is 2.30. The number of allylic oxidation sites excluding steroid dienone is 1. The highest BCUT2D eigenvalue weighted by Gasteiger charge is 2.34. The molecule has 0 saturated heterocycles. The van der Waals surface area contributed by atoms with Crippen molar-refractivity contribution >= 4 is 17.6 Å². The molecule has 0 aliphatic carbocycles. The Balaban J connectivity index is 1.44. The SMILES string of the molecule is O=C1O/C(=C\Cn2cc(-c3ccc(Cl)o3)c(=O)[nH]c2=O)C(OCc2ccccc2)=C1OCc1ccccc1. The molecule has 0 fully saturated rings. The number of carbonyl (C=O) groups excluding carboxylic acids is 1. The maximum absolute atomic E-state index is 12.7. The van der Waals surface area contributed by atoms with E-state index < -0.39 is 17.2 Å². The number of aromatic amines is 1. The van der Waals surface area contributed by atoms with E-state index in [9.17, 15) is 14.4 Å².